The molecule has 10 heteroatoms. The van der Waals surface area contributed by atoms with Crippen molar-refractivity contribution in [1.82, 2.24) is 19.9 Å². The first-order valence-electron chi connectivity index (χ1n) is 9.63. The van der Waals surface area contributed by atoms with Crippen LogP contribution in [0.1, 0.15) is 16.7 Å². The first-order valence-corrected chi connectivity index (χ1v) is 9.63. The van der Waals surface area contributed by atoms with Crippen molar-refractivity contribution >= 4 is 17.0 Å². The summed E-state index contributed by atoms with van der Waals surface area (Å²) in [5.74, 6) is 1.56. The summed E-state index contributed by atoms with van der Waals surface area (Å²) in [4.78, 5) is 15.6. The Hall–Kier alpha value is -3.82. The largest absolute Gasteiger partial charge is 0.493 e. The van der Waals surface area contributed by atoms with Gasteiger partial charge in [-0.3, -0.25) is 0 Å². The molecule has 0 saturated heterocycles. The Morgan fingerprint density at radius 1 is 1.03 bits per heavy atom. The maximum absolute atomic E-state index is 13.2. The van der Waals surface area contributed by atoms with Gasteiger partial charge in [-0.1, -0.05) is 6.07 Å². The number of aromatic amines is 1. The molecule has 0 fully saturated rings. The smallest absolute Gasteiger partial charge is 0.417 e. The van der Waals surface area contributed by atoms with Gasteiger partial charge in [0.05, 0.1) is 25.5 Å². The molecule has 1 aromatic carbocycles. The van der Waals surface area contributed by atoms with Gasteiger partial charge >= 0.3 is 6.18 Å². The van der Waals surface area contributed by atoms with E-state index in [0.717, 1.165) is 23.4 Å². The number of ether oxygens (including phenoxy) is 2. The molecule has 0 aliphatic carbocycles. The van der Waals surface area contributed by atoms with Crippen LogP contribution in [0.15, 0.2) is 42.9 Å². The number of anilines is 1. The molecule has 0 spiro atoms. The van der Waals surface area contributed by atoms with Crippen LogP contribution in [0, 0.1) is 6.92 Å². The van der Waals surface area contributed by atoms with E-state index in [1.165, 1.54) is 0 Å². The molecule has 0 amide bonds. The normalized spacial score (nSPS) is 11.6. The second kappa shape index (κ2) is 8.37. The number of fused-ring (bicyclic) bond motifs is 1. The lowest BCUT2D eigenvalue weighted by molar-refractivity contribution is -0.137. The molecule has 0 saturated carbocycles. The minimum absolute atomic E-state index is 0.340. The van der Waals surface area contributed by atoms with E-state index in [1.54, 1.807) is 39.6 Å². The highest BCUT2D eigenvalue weighted by Gasteiger charge is 2.31. The van der Waals surface area contributed by atoms with Crippen molar-refractivity contribution in [3.63, 3.8) is 0 Å². The molecule has 0 radical (unpaired) electrons. The number of nitrogens with zero attached hydrogens (tertiary/aromatic N) is 3. The number of nitrogens with one attached hydrogen (secondary N) is 2. The van der Waals surface area contributed by atoms with Crippen LogP contribution in [0.25, 0.3) is 22.3 Å². The summed E-state index contributed by atoms with van der Waals surface area (Å²) in [7, 11) is 3.13. The lowest BCUT2D eigenvalue weighted by atomic mass is 10.1. The van der Waals surface area contributed by atoms with E-state index in [0.29, 0.717) is 46.3 Å². The first-order chi connectivity index (χ1) is 15.3. The topological polar surface area (TPSA) is 85.0 Å². The number of methoxy groups -OCH3 is 2. The maximum atomic E-state index is 13.2. The molecule has 4 rings (SSSR count). The van der Waals surface area contributed by atoms with E-state index in [9.17, 15) is 13.2 Å². The third-order valence-electron chi connectivity index (χ3n) is 4.98. The fourth-order valence-electron chi connectivity index (χ4n) is 3.33. The zero-order valence-corrected chi connectivity index (χ0v) is 17.5. The van der Waals surface area contributed by atoms with Crippen molar-refractivity contribution in [1.29, 1.82) is 0 Å². The monoisotopic (exact) mass is 443 g/mol. The second-order valence-electron chi connectivity index (χ2n) is 7.09. The minimum atomic E-state index is -4.48. The summed E-state index contributed by atoms with van der Waals surface area (Å²) in [6, 6.07) is 6.60. The van der Waals surface area contributed by atoms with Crippen molar-refractivity contribution < 1.29 is 22.6 Å². The molecule has 0 bridgehead atoms. The summed E-state index contributed by atoms with van der Waals surface area (Å²) >= 11 is 0. The minimum Gasteiger partial charge on any atom is -0.493 e. The van der Waals surface area contributed by atoms with Crippen LogP contribution in [0.5, 0.6) is 11.5 Å². The number of pyridine rings is 1. The van der Waals surface area contributed by atoms with Gasteiger partial charge in [0.15, 0.2) is 11.5 Å². The Balaban J connectivity index is 1.64. The Bertz CT molecular complexity index is 1270. The Labute approximate surface area is 181 Å². The van der Waals surface area contributed by atoms with E-state index in [4.69, 9.17) is 9.47 Å². The van der Waals surface area contributed by atoms with Crippen LogP contribution in [-0.4, -0.2) is 34.2 Å². The molecule has 3 aromatic heterocycles. The highest BCUT2D eigenvalue weighted by Crippen LogP contribution is 2.34. The summed E-state index contributed by atoms with van der Waals surface area (Å²) < 4.78 is 50.0. The SMILES string of the molecule is COc1ccc(CNc2ncc(C)c(-c3c[nH]c4ncc(C(F)(F)F)cc34)n2)cc1OC. The van der Waals surface area contributed by atoms with Gasteiger partial charge in [0.2, 0.25) is 5.95 Å². The first kappa shape index (κ1) is 21.4. The van der Waals surface area contributed by atoms with Crippen molar-refractivity contribution in [3.8, 4) is 22.8 Å². The molecule has 32 heavy (non-hydrogen) atoms. The predicted molar refractivity (Wildman–Crippen MR) is 114 cm³/mol. The second-order valence-corrected chi connectivity index (χ2v) is 7.09. The number of rotatable bonds is 6. The number of alkyl halides is 3. The molecule has 0 unspecified atom stereocenters. The van der Waals surface area contributed by atoms with Gasteiger partial charge in [-0.2, -0.15) is 13.2 Å². The highest BCUT2D eigenvalue weighted by molar-refractivity contribution is 5.93. The Kier molecular flexibility index (Phi) is 5.60. The fraction of sp³-hybridized carbons (Fsp3) is 0.227. The lowest BCUT2D eigenvalue weighted by Crippen LogP contribution is -2.06. The molecule has 7 nitrogen and oxygen atoms in total. The van der Waals surface area contributed by atoms with Gasteiger partial charge in [0, 0.05) is 36.1 Å². The van der Waals surface area contributed by atoms with Gasteiger partial charge < -0.3 is 19.8 Å². The average Bonchev–Trinajstić information content (AvgIpc) is 3.21. The third-order valence-corrected chi connectivity index (χ3v) is 4.98. The van der Waals surface area contributed by atoms with Crippen LogP contribution in [0.2, 0.25) is 0 Å². The number of aromatic nitrogens is 4. The highest BCUT2D eigenvalue weighted by atomic mass is 19.4. The lowest BCUT2D eigenvalue weighted by Gasteiger charge is -2.11. The van der Waals surface area contributed by atoms with E-state index >= 15 is 0 Å². The number of aryl methyl sites for hydroxylation is 1. The molecule has 2 N–H and O–H groups in total. The Morgan fingerprint density at radius 2 is 1.81 bits per heavy atom. The van der Waals surface area contributed by atoms with Crippen molar-refractivity contribution in [2.24, 2.45) is 0 Å². The maximum Gasteiger partial charge on any atom is 0.417 e. The zero-order valence-electron chi connectivity index (χ0n) is 17.5. The Morgan fingerprint density at radius 3 is 2.53 bits per heavy atom. The summed E-state index contributed by atoms with van der Waals surface area (Å²) in [5.41, 5.74) is 2.21. The van der Waals surface area contributed by atoms with Crippen LogP contribution in [0.3, 0.4) is 0 Å². The number of halogens is 3. The van der Waals surface area contributed by atoms with Crippen LogP contribution < -0.4 is 14.8 Å². The van der Waals surface area contributed by atoms with Crippen molar-refractivity contribution in [3.05, 3.63) is 59.5 Å². The summed E-state index contributed by atoms with van der Waals surface area (Å²) in [6.07, 6.45) is -0.446. The molecule has 0 aliphatic heterocycles. The zero-order chi connectivity index (χ0) is 22.9. The quantitative estimate of drug-likeness (QED) is 0.437. The van der Waals surface area contributed by atoms with Crippen molar-refractivity contribution in [2.75, 3.05) is 19.5 Å². The van der Waals surface area contributed by atoms with E-state index in [-0.39, 0.29) is 0 Å². The predicted octanol–water partition coefficient (Wildman–Crippen LogP) is 4.98. The van der Waals surface area contributed by atoms with Gasteiger partial charge in [-0.25, -0.2) is 15.0 Å². The molecular weight excluding hydrogens is 423 g/mol. The van der Waals surface area contributed by atoms with E-state index in [1.807, 2.05) is 12.1 Å². The average molecular weight is 443 g/mol. The number of benzene rings is 1. The summed E-state index contributed by atoms with van der Waals surface area (Å²) in [5, 5.41) is 3.48. The van der Waals surface area contributed by atoms with E-state index < -0.39 is 11.7 Å². The molecule has 4 aromatic rings. The van der Waals surface area contributed by atoms with E-state index in [2.05, 4.69) is 25.3 Å². The van der Waals surface area contributed by atoms with Gasteiger partial charge in [-0.15, -0.1) is 0 Å². The van der Waals surface area contributed by atoms with Crippen LogP contribution in [-0.2, 0) is 12.7 Å². The summed E-state index contributed by atoms with van der Waals surface area (Å²) in [6.45, 7) is 2.21. The molecule has 166 valence electrons. The van der Waals surface area contributed by atoms with Crippen molar-refractivity contribution in [2.45, 2.75) is 19.6 Å². The molecule has 3 heterocycles. The third kappa shape index (κ3) is 4.16. The van der Waals surface area contributed by atoms with Crippen LogP contribution in [0.4, 0.5) is 19.1 Å². The number of hydrogen-bond acceptors (Lipinski definition) is 6. The van der Waals surface area contributed by atoms with Gasteiger partial charge in [-0.05, 0) is 36.2 Å². The standard InChI is InChI=1S/C22H20F3N5O2/c1-12-8-28-21(29-9-13-4-5-17(31-2)18(6-13)32-3)30-19(12)16-11-27-20-15(16)7-14(10-26-20)22(23,24)25/h4-8,10-11H,9H2,1-3H3,(H,26,27)(H,28,29,30). The van der Waals surface area contributed by atoms with Gasteiger partial charge in [0.25, 0.3) is 0 Å². The van der Waals surface area contributed by atoms with Crippen LogP contribution >= 0.6 is 0 Å². The number of H-pyrrole nitrogens is 1. The molecule has 0 atom stereocenters. The molecular formula is C22H20F3N5O2. The molecule has 0 aliphatic rings. The van der Waals surface area contributed by atoms with Gasteiger partial charge in [0.1, 0.15) is 5.65 Å². The number of hydrogen-bond donors (Lipinski definition) is 2. The fourth-order valence-corrected chi connectivity index (χ4v) is 3.33.